The highest BCUT2D eigenvalue weighted by Gasteiger charge is 2.50. The number of aromatic nitrogens is 1. The number of nitrogens with one attached hydrogen (secondary N) is 4. The summed E-state index contributed by atoms with van der Waals surface area (Å²) in [6.07, 6.45) is -3.09. The van der Waals surface area contributed by atoms with Gasteiger partial charge in [-0.05, 0) is 83.8 Å². The first-order valence-electron chi connectivity index (χ1n) is 30.5. The van der Waals surface area contributed by atoms with Crippen LogP contribution in [0, 0.1) is 31.6 Å². The minimum Gasteiger partial charge on any atom is -0.458 e. The maximum atomic E-state index is 15.2. The lowest BCUT2D eigenvalue weighted by atomic mass is 9.98. The van der Waals surface area contributed by atoms with Gasteiger partial charge in [0.1, 0.15) is 71.8 Å². The highest BCUT2D eigenvalue weighted by molar-refractivity contribution is 6.19. The number of benzene rings is 2. The van der Waals surface area contributed by atoms with E-state index in [0.29, 0.717) is 12.0 Å². The monoisotopic (exact) mass is 1300 g/mol. The third kappa shape index (κ3) is 13.7. The van der Waals surface area contributed by atoms with Gasteiger partial charge in [-0.2, -0.15) is 0 Å². The van der Waals surface area contributed by atoms with Crippen LogP contribution < -0.4 is 32.4 Å². The van der Waals surface area contributed by atoms with Crippen molar-refractivity contribution >= 4 is 105 Å². The van der Waals surface area contributed by atoms with E-state index in [9.17, 15) is 57.5 Å². The first-order valence-corrected chi connectivity index (χ1v) is 31.0. The van der Waals surface area contributed by atoms with Crippen molar-refractivity contribution in [2.75, 3.05) is 52.9 Å². The number of ether oxygens (including phenoxy) is 2. The van der Waals surface area contributed by atoms with Crippen molar-refractivity contribution in [2.24, 2.45) is 17.8 Å². The van der Waals surface area contributed by atoms with Gasteiger partial charge in [0.05, 0.1) is 41.8 Å². The SMILES string of the molecule is Cc1c2oc3c(C)ccc(C(=O)N[C@@H]4C(=O)N[C@H](C(C)C)C(=O)N5C(C)CC[C@H]5C(=O)N(C)CC(=O)N(C)[C@@H](C(C)C)C(=O)O[C@@H]4C)c3nc-2c(C(=O)N[C@@H]2C(=O)N[C@H](C(C)C)C(=O)N3C(C)C(=O)C[C@H]3C(=O)N(C)CC(=O)N(C)[C@@H](C)C(=O)O[C@@H]2CCl)c(N)c1=O. The lowest BCUT2D eigenvalue weighted by Gasteiger charge is -2.37. The highest BCUT2D eigenvalue weighted by Crippen LogP contribution is 2.36. The van der Waals surface area contributed by atoms with Crippen LogP contribution in [0.3, 0.4) is 0 Å². The fraction of sp³-hybridized carbons (Fsp3) is 0.597. The number of halogens is 1. The number of carbonyl (C=O) groups excluding carboxylic acids is 13. The lowest BCUT2D eigenvalue weighted by molar-refractivity contribution is -0.163. The van der Waals surface area contributed by atoms with Crippen LogP contribution in [0.4, 0.5) is 5.69 Å². The molecule has 2 unspecified atom stereocenters. The van der Waals surface area contributed by atoms with Crippen LogP contribution in [0.2, 0.25) is 0 Å². The molecule has 1 aliphatic carbocycles. The summed E-state index contributed by atoms with van der Waals surface area (Å²) in [7, 11) is 5.33. The number of alkyl halides is 1. The Bertz CT molecular complexity index is 3550. The number of hydrogen-bond acceptors (Lipinski definition) is 19. The summed E-state index contributed by atoms with van der Waals surface area (Å²) in [5, 5.41) is 10.4. The number of nitrogens with zero attached hydrogens (tertiary/aromatic N) is 7. The van der Waals surface area contributed by atoms with E-state index < -0.39 is 215 Å². The Morgan fingerprint density at radius 1 is 0.674 bits per heavy atom. The van der Waals surface area contributed by atoms with Gasteiger partial charge in [0.2, 0.25) is 52.7 Å². The van der Waals surface area contributed by atoms with Crippen molar-refractivity contribution in [3.8, 4) is 11.5 Å². The quantitative estimate of drug-likeness (QED) is 0.0874. The number of esters is 2. The van der Waals surface area contributed by atoms with E-state index in [0.717, 1.165) is 19.6 Å². The molecule has 29 nitrogen and oxygen atoms in total. The molecule has 30 heteroatoms. The molecule has 5 aliphatic heterocycles. The largest absolute Gasteiger partial charge is 0.458 e. The fourth-order valence-corrected chi connectivity index (χ4v) is 12.3. The Kier molecular flexibility index (Phi) is 21.5. The molecule has 12 atom stereocenters. The number of likely N-dealkylation sites (N-methyl/N-ethyl adjacent to an activating group) is 4. The topological polar surface area (TPSA) is 377 Å². The molecule has 92 heavy (non-hydrogen) atoms. The van der Waals surface area contributed by atoms with Gasteiger partial charge < -0.3 is 70.3 Å². The Balaban J connectivity index is 1.33. The van der Waals surface area contributed by atoms with E-state index in [1.165, 1.54) is 77.8 Å². The summed E-state index contributed by atoms with van der Waals surface area (Å²) in [6.45, 7) is 17.4. The summed E-state index contributed by atoms with van der Waals surface area (Å²) < 4.78 is 18.1. The maximum Gasteiger partial charge on any atom is 0.329 e. The Hall–Kier alpha value is -8.76. The van der Waals surface area contributed by atoms with Gasteiger partial charge >= 0.3 is 11.9 Å². The first-order chi connectivity index (χ1) is 43.0. The summed E-state index contributed by atoms with van der Waals surface area (Å²) in [4.78, 5) is 212. The fourth-order valence-electron chi connectivity index (χ4n) is 12.1. The van der Waals surface area contributed by atoms with E-state index in [1.807, 2.05) is 0 Å². The van der Waals surface area contributed by atoms with Crippen molar-refractivity contribution in [3.63, 3.8) is 0 Å². The minimum atomic E-state index is -2.07. The average molecular weight is 1300 g/mol. The molecule has 5 heterocycles. The molecule has 0 bridgehead atoms. The number of aryl methyl sites for hydroxylation is 1. The predicted molar refractivity (Wildman–Crippen MR) is 331 cm³/mol. The van der Waals surface area contributed by atoms with Gasteiger partial charge in [0.15, 0.2) is 17.1 Å². The molecular weight excluding hydrogens is 1220 g/mol. The molecule has 4 saturated heterocycles. The molecule has 500 valence electrons. The molecule has 0 radical (unpaired) electrons. The maximum absolute atomic E-state index is 15.2. The van der Waals surface area contributed by atoms with Gasteiger partial charge in [-0.1, -0.05) is 47.6 Å². The zero-order valence-corrected chi connectivity index (χ0v) is 55.3. The van der Waals surface area contributed by atoms with Crippen LogP contribution in [0.25, 0.3) is 22.6 Å². The van der Waals surface area contributed by atoms with E-state index in [-0.39, 0.29) is 34.4 Å². The average Bonchev–Trinajstić information content (AvgIpc) is 0.867. The van der Waals surface area contributed by atoms with Crippen molar-refractivity contribution in [1.29, 1.82) is 0 Å². The number of nitrogens with two attached hydrogens (primary N) is 1. The smallest absolute Gasteiger partial charge is 0.329 e. The van der Waals surface area contributed by atoms with E-state index in [2.05, 4.69) is 21.3 Å². The molecular formula is C62H83ClN12O17. The predicted octanol–water partition coefficient (Wildman–Crippen LogP) is 0.264. The molecule has 6 aliphatic rings. The zero-order valence-electron chi connectivity index (χ0n) is 54.6. The van der Waals surface area contributed by atoms with Crippen LogP contribution in [-0.4, -0.2) is 231 Å². The Labute approximate surface area is 536 Å². The number of Topliss-reactive ketones (excluding diaryl/α,β-unsaturated/α-hetero) is 1. The summed E-state index contributed by atoms with van der Waals surface area (Å²) in [5.74, 6) is -14.4. The number of ketones is 1. The van der Waals surface area contributed by atoms with Crippen LogP contribution >= 0.6 is 11.6 Å². The molecule has 1 aromatic carbocycles. The molecule has 1 aromatic rings. The molecule has 0 spiro atoms. The lowest BCUT2D eigenvalue weighted by Crippen LogP contribution is -2.62. The number of rotatable bonds is 8. The third-order valence-corrected chi connectivity index (χ3v) is 18.2. The van der Waals surface area contributed by atoms with Crippen molar-refractivity contribution < 1.29 is 76.2 Å². The second kappa shape index (κ2) is 28.0. The zero-order chi connectivity index (χ0) is 68.7. The second-order valence-electron chi connectivity index (χ2n) is 25.4. The molecule has 7 rings (SSSR count). The number of hydrogen-bond donors (Lipinski definition) is 5. The van der Waals surface area contributed by atoms with Gasteiger partial charge in [-0.15, -0.1) is 11.6 Å². The van der Waals surface area contributed by atoms with E-state index >= 15 is 9.59 Å². The van der Waals surface area contributed by atoms with Crippen LogP contribution in [0.1, 0.15) is 120 Å². The van der Waals surface area contributed by atoms with Gasteiger partial charge in [-0.3, -0.25) is 57.5 Å². The molecule has 6 N–H and O–H groups in total. The van der Waals surface area contributed by atoms with Gasteiger partial charge in [0.25, 0.3) is 11.8 Å². The minimum absolute atomic E-state index is 0.115. The number of carbonyl (C=O) groups is 13. The second-order valence-corrected chi connectivity index (χ2v) is 25.7. The summed E-state index contributed by atoms with van der Waals surface area (Å²) in [6, 6.07) is -10.7. The first kappa shape index (κ1) is 70.7. The van der Waals surface area contributed by atoms with Crippen molar-refractivity contribution in [1.82, 2.24) is 55.7 Å². The highest BCUT2D eigenvalue weighted by atomic mass is 35.5. The number of anilines is 1. The number of cyclic esters (lactones) is 2. The number of amides is 10. The molecule has 0 saturated carbocycles. The standard InChI is InChI=1S/C62H83ClN12O17/c1-25(2)43-59(86)74-29(8)18-20-35(74)57(84)70(13)24-40(78)73(16)49(27(5)6)62(89)90-33(12)45(55(82)66-43)68-53(80)34-19-17-28(7)51-46(34)65-48-41(42(64)50(79)30(9)52(48)92-51)54(81)69-47-38(22-63)91-61(88)32(11)72(15)39(77)23-71(14)58(85)36-21-37(76)31(10)75(36)60(87)44(26(3)4)67-56(47)83/h17,19,25-27,29,31-33,35-36,38,43-45,47,49H,18,20-24,64H2,1-16H3,(H,66,82)(H,67,83)(H,68,80)(H,69,81)/t29?,31?,32-,33+,35-,36-,38+,43+,44+,45-,47-,49-/m0/s1. The van der Waals surface area contributed by atoms with Gasteiger partial charge in [0, 0.05) is 46.2 Å². The molecule has 0 aromatic heterocycles. The van der Waals surface area contributed by atoms with Crippen LogP contribution in [0.15, 0.2) is 21.3 Å². The summed E-state index contributed by atoms with van der Waals surface area (Å²) in [5.41, 5.74) is 3.09. The van der Waals surface area contributed by atoms with Crippen LogP contribution in [0.5, 0.6) is 0 Å². The molecule has 4 fully saturated rings. The van der Waals surface area contributed by atoms with E-state index in [4.69, 9.17) is 36.2 Å². The van der Waals surface area contributed by atoms with E-state index in [1.54, 1.807) is 55.4 Å². The number of fused-ring (bicyclic) bond motifs is 4. The Morgan fingerprint density at radius 3 is 1.78 bits per heavy atom. The third-order valence-electron chi connectivity index (χ3n) is 17.9. The Morgan fingerprint density at radius 2 is 1.22 bits per heavy atom. The van der Waals surface area contributed by atoms with Crippen LogP contribution in [-0.2, 0) is 62.2 Å². The van der Waals surface area contributed by atoms with Gasteiger partial charge in [-0.25, -0.2) is 14.6 Å². The number of nitrogen functional groups attached to an aromatic ring is 1. The molecule has 10 amide bonds. The van der Waals surface area contributed by atoms with Crippen molar-refractivity contribution in [2.45, 2.75) is 175 Å². The normalized spacial score (nSPS) is 27.5. The summed E-state index contributed by atoms with van der Waals surface area (Å²) >= 11 is 6.49. The van der Waals surface area contributed by atoms with Crippen molar-refractivity contribution in [3.05, 3.63) is 44.6 Å².